The average molecular weight is 1300 g/mol. The molecule has 0 spiro atoms. The maximum atomic E-state index is 12.9. The molecule has 2 atom stereocenters. The fraction of sp³-hybridized carbons (Fsp3) is 0.707. The van der Waals surface area contributed by atoms with Gasteiger partial charge in [0, 0.05) is 12.8 Å². The zero-order valence-corrected chi connectivity index (χ0v) is 61.1. The molecule has 0 aliphatic carbocycles. The second-order valence-electron chi connectivity index (χ2n) is 26.3. The van der Waals surface area contributed by atoms with Gasteiger partial charge in [0.2, 0.25) is 0 Å². The summed E-state index contributed by atoms with van der Waals surface area (Å²) in [5, 5.41) is 0. The van der Waals surface area contributed by atoms with Crippen molar-refractivity contribution in [1.82, 2.24) is 0 Å². The van der Waals surface area contributed by atoms with Crippen molar-refractivity contribution in [3.05, 3.63) is 134 Å². The van der Waals surface area contributed by atoms with E-state index in [-0.39, 0.29) is 32.0 Å². The Morgan fingerprint density at radius 1 is 0.348 bits per heavy atom. The summed E-state index contributed by atoms with van der Waals surface area (Å²) in [6, 6.07) is 0. The molecule has 0 amide bonds. The van der Waals surface area contributed by atoms with Crippen molar-refractivity contribution in [3.8, 4) is 0 Å². The Labute approximate surface area is 568 Å². The molecule has 10 heteroatoms. The van der Waals surface area contributed by atoms with E-state index in [1.165, 1.54) is 167 Å². The first-order chi connectivity index (χ1) is 45.0. The summed E-state index contributed by atoms with van der Waals surface area (Å²) in [6.07, 6.45) is 104. The van der Waals surface area contributed by atoms with Gasteiger partial charge in [-0.1, -0.05) is 347 Å². The molecule has 0 aliphatic heterocycles. The monoisotopic (exact) mass is 1300 g/mol. The van der Waals surface area contributed by atoms with Crippen LogP contribution in [0.2, 0.25) is 0 Å². The Kier molecular flexibility index (Phi) is 68.5. The lowest BCUT2D eigenvalue weighted by Crippen LogP contribution is -2.37. The van der Waals surface area contributed by atoms with E-state index >= 15 is 0 Å². The van der Waals surface area contributed by atoms with Crippen LogP contribution in [-0.4, -0.2) is 70.0 Å². The number of esters is 2. The third-order valence-electron chi connectivity index (χ3n) is 16.2. The maximum Gasteiger partial charge on any atom is 0.306 e. The van der Waals surface area contributed by atoms with E-state index in [1.807, 2.05) is 21.1 Å². The number of nitrogens with zero attached hydrogens (tertiary/aromatic N) is 1. The van der Waals surface area contributed by atoms with Crippen molar-refractivity contribution < 1.29 is 42.1 Å². The number of rotatable bonds is 69. The standard InChI is InChI=1S/C82H142NO8P/c1-6-8-10-12-14-16-18-20-22-24-26-28-30-32-34-36-37-38-39-40-41-42-43-44-45-47-49-51-53-55-57-59-61-63-65-67-69-71-73-75-82(85)91-80(79-90-92(86,87)89-77-76-83(3,4)5)78-88-81(84)74-72-70-68-66-64-62-60-58-56-54-52-50-48-46-35-33-31-29-27-25-23-21-19-17-15-13-11-9-7-2/h8,10,14,16,20,22,26,28,32,34,37-38,40-41,43-44,47,49,53,55,59,61,80H,6-7,9,11-13,15,17-19,21,23-25,27,29-31,33,35-36,39,42,45-46,48,50-52,54,56-58,60,62-79H2,1-5H3/b10-8-,16-14-,22-20-,28-26-,34-32-,38-37-,41-40-,44-43-,49-47-,55-53-,61-59-. The lowest BCUT2D eigenvalue weighted by Gasteiger charge is -2.28. The van der Waals surface area contributed by atoms with E-state index in [4.69, 9.17) is 18.5 Å². The summed E-state index contributed by atoms with van der Waals surface area (Å²) in [5.41, 5.74) is 0. The molecule has 0 rings (SSSR count). The molecular formula is C82H142NO8P. The number of phosphoric acid groups is 1. The number of allylic oxidation sites excluding steroid dienone is 22. The minimum absolute atomic E-state index is 0.0398. The molecule has 0 aromatic carbocycles. The van der Waals surface area contributed by atoms with Crippen LogP contribution < -0.4 is 4.89 Å². The van der Waals surface area contributed by atoms with Gasteiger partial charge in [-0.25, -0.2) is 0 Å². The molecule has 0 bridgehead atoms. The third kappa shape index (κ3) is 75.2. The van der Waals surface area contributed by atoms with Gasteiger partial charge >= 0.3 is 11.9 Å². The summed E-state index contributed by atoms with van der Waals surface area (Å²) >= 11 is 0. The number of ether oxygens (including phenoxy) is 2. The summed E-state index contributed by atoms with van der Waals surface area (Å²) < 4.78 is 34.3. The van der Waals surface area contributed by atoms with Crippen LogP contribution in [0.3, 0.4) is 0 Å². The Hall–Kier alpha value is -3.85. The van der Waals surface area contributed by atoms with Crippen molar-refractivity contribution >= 4 is 19.8 Å². The quantitative estimate of drug-likeness (QED) is 0.0195. The topological polar surface area (TPSA) is 111 Å². The van der Waals surface area contributed by atoms with E-state index in [0.29, 0.717) is 17.4 Å². The van der Waals surface area contributed by atoms with Crippen molar-refractivity contribution in [1.29, 1.82) is 0 Å². The van der Waals surface area contributed by atoms with Crippen LogP contribution in [-0.2, 0) is 32.7 Å². The van der Waals surface area contributed by atoms with Crippen LogP contribution in [0.1, 0.15) is 322 Å². The van der Waals surface area contributed by atoms with E-state index in [1.54, 1.807) is 0 Å². The SMILES string of the molecule is CC/C=C\C/C=C\C/C=C\C/C=C\C/C=C\C/C=C\C/C=C\C/C=C\C/C=C\C/C=C\C/C=C\CCCCCCCC(=O)OC(COC(=O)CCCCCCCCCCCCCCCCCCCCCCCCCCCCCCC)COP(=O)([O-])OCC[N+](C)(C)C. The van der Waals surface area contributed by atoms with Crippen LogP contribution in [0.25, 0.3) is 0 Å². The number of carbonyl (C=O) groups is 2. The minimum atomic E-state index is -4.66. The van der Waals surface area contributed by atoms with E-state index in [9.17, 15) is 19.0 Å². The third-order valence-corrected chi connectivity index (χ3v) is 17.1. The molecule has 92 heavy (non-hydrogen) atoms. The first-order valence-electron chi connectivity index (χ1n) is 37.9. The fourth-order valence-electron chi connectivity index (χ4n) is 10.4. The number of hydrogen-bond donors (Lipinski definition) is 0. The summed E-state index contributed by atoms with van der Waals surface area (Å²) in [7, 11) is 1.15. The Bertz CT molecular complexity index is 2020. The van der Waals surface area contributed by atoms with Gasteiger partial charge in [0.15, 0.2) is 6.10 Å². The van der Waals surface area contributed by atoms with Crippen molar-refractivity contribution in [2.45, 2.75) is 328 Å². The predicted molar refractivity (Wildman–Crippen MR) is 397 cm³/mol. The summed E-state index contributed by atoms with van der Waals surface area (Å²) in [5.74, 6) is -0.851. The molecule has 528 valence electrons. The number of likely N-dealkylation sites (N-methyl/N-ethyl adjacent to an activating group) is 1. The van der Waals surface area contributed by atoms with Gasteiger partial charge in [-0.2, -0.15) is 0 Å². The minimum Gasteiger partial charge on any atom is -0.756 e. The fourth-order valence-corrected chi connectivity index (χ4v) is 11.2. The number of quaternary nitrogens is 1. The molecule has 0 aliphatic rings. The summed E-state index contributed by atoms with van der Waals surface area (Å²) in [6.45, 7) is 4.13. The highest BCUT2D eigenvalue weighted by Gasteiger charge is 2.22. The molecule has 0 N–H and O–H groups in total. The first kappa shape index (κ1) is 88.2. The molecule has 0 aromatic heterocycles. The van der Waals surface area contributed by atoms with E-state index < -0.39 is 26.5 Å². The largest absolute Gasteiger partial charge is 0.756 e. The van der Waals surface area contributed by atoms with E-state index in [2.05, 4.69) is 148 Å². The van der Waals surface area contributed by atoms with Crippen molar-refractivity contribution in [3.63, 3.8) is 0 Å². The Balaban J connectivity index is 4.10. The molecule has 0 aromatic rings. The highest BCUT2D eigenvalue weighted by atomic mass is 31.2. The van der Waals surface area contributed by atoms with Crippen LogP contribution in [0, 0.1) is 0 Å². The first-order valence-corrected chi connectivity index (χ1v) is 39.4. The Morgan fingerprint density at radius 2 is 0.620 bits per heavy atom. The van der Waals surface area contributed by atoms with Gasteiger partial charge in [0.05, 0.1) is 27.7 Å². The smallest absolute Gasteiger partial charge is 0.306 e. The van der Waals surface area contributed by atoms with Crippen LogP contribution in [0.5, 0.6) is 0 Å². The number of phosphoric ester groups is 1. The van der Waals surface area contributed by atoms with Gasteiger partial charge < -0.3 is 27.9 Å². The van der Waals surface area contributed by atoms with Gasteiger partial charge in [-0.15, -0.1) is 0 Å². The maximum absolute atomic E-state index is 12.9. The predicted octanol–water partition coefficient (Wildman–Crippen LogP) is 24.5. The van der Waals surface area contributed by atoms with Crippen LogP contribution >= 0.6 is 7.82 Å². The lowest BCUT2D eigenvalue weighted by molar-refractivity contribution is -0.870. The van der Waals surface area contributed by atoms with Gasteiger partial charge in [-0.05, 0) is 96.3 Å². The molecule has 2 unspecified atom stereocenters. The molecule has 0 saturated heterocycles. The number of carbonyl (C=O) groups excluding carboxylic acids is 2. The normalized spacial score (nSPS) is 13.8. The van der Waals surface area contributed by atoms with Gasteiger partial charge in [0.1, 0.15) is 19.8 Å². The highest BCUT2D eigenvalue weighted by Crippen LogP contribution is 2.38. The number of unbranched alkanes of at least 4 members (excludes halogenated alkanes) is 33. The van der Waals surface area contributed by atoms with Crippen LogP contribution in [0.4, 0.5) is 0 Å². The summed E-state index contributed by atoms with van der Waals surface area (Å²) in [4.78, 5) is 38.1. The molecule has 0 heterocycles. The van der Waals surface area contributed by atoms with Crippen LogP contribution in [0.15, 0.2) is 134 Å². The zero-order valence-electron chi connectivity index (χ0n) is 60.2. The molecule has 0 radical (unpaired) electrons. The van der Waals surface area contributed by atoms with Crippen molar-refractivity contribution in [2.75, 3.05) is 47.5 Å². The van der Waals surface area contributed by atoms with Crippen molar-refractivity contribution in [2.24, 2.45) is 0 Å². The average Bonchev–Trinajstić information content (AvgIpc) is 2.14. The Morgan fingerprint density at radius 3 is 0.924 bits per heavy atom. The molecule has 9 nitrogen and oxygen atoms in total. The van der Waals surface area contributed by atoms with E-state index in [0.717, 1.165) is 122 Å². The molecule has 0 fully saturated rings. The lowest BCUT2D eigenvalue weighted by atomic mass is 10.0. The highest BCUT2D eigenvalue weighted by molar-refractivity contribution is 7.45. The number of hydrogen-bond acceptors (Lipinski definition) is 8. The second-order valence-corrected chi connectivity index (χ2v) is 27.7. The molecular weight excluding hydrogens is 1160 g/mol. The molecule has 0 saturated carbocycles. The zero-order chi connectivity index (χ0) is 66.9. The second kappa shape index (κ2) is 71.4. The van der Waals surface area contributed by atoms with Gasteiger partial charge in [0.25, 0.3) is 7.82 Å². The van der Waals surface area contributed by atoms with Gasteiger partial charge in [-0.3, -0.25) is 14.2 Å².